The average molecular weight is 378 g/mol. The zero-order valence-corrected chi connectivity index (χ0v) is 13.6. The van der Waals surface area contributed by atoms with E-state index >= 15 is 0 Å². The molecule has 0 aliphatic rings. The van der Waals surface area contributed by atoms with Crippen molar-refractivity contribution < 1.29 is 14.5 Å². The molecule has 0 saturated carbocycles. The molecule has 0 radical (unpaired) electrons. The summed E-state index contributed by atoms with van der Waals surface area (Å²) in [6, 6.07) is 11.1. The molecule has 23 heavy (non-hydrogen) atoms. The first-order chi connectivity index (χ1) is 11.0. The maximum atomic E-state index is 12.1. The lowest BCUT2D eigenvalue weighted by Gasteiger charge is -2.06. The number of carbonyl (C=O) groups excluding carboxylic acids is 1. The second-order valence-corrected chi connectivity index (χ2v) is 5.31. The molecule has 0 aromatic heterocycles. The van der Waals surface area contributed by atoms with Crippen LogP contribution in [0.25, 0.3) is 0 Å². The maximum Gasteiger partial charge on any atom is 0.275 e. The quantitative estimate of drug-likeness (QED) is 0.491. The van der Waals surface area contributed by atoms with Crippen LogP contribution in [0.15, 0.2) is 52.0 Å². The molecule has 2 rings (SSSR count). The van der Waals surface area contributed by atoms with Gasteiger partial charge in [0, 0.05) is 16.6 Å². The van der Waals surface area contributed by atoms with Gasteiger partial charge in [-0.15, -0.1) is 0 Å². The Hall–Kier alpha value is -2.74. The fraction of sp³-hybridized carbons (Fsp3) is 0.0667. The van der Waals surface area contributed by atoms with Gasteiger partial charge in [-0.3, -0.25) is 14.9 Å². The second kappa shape index (κ2) is 7.50. The van der Waals surface area contributed by atoms with Crippen LogP contribution in [0.5, 0.6) is 5.75 Å². The number of carbonyl (C=O) groups is 1. The van der Waals surface area contributed by atoms with E-state index in [2.05, 4.69) is 26.5 Å². The number of benzene rings is 2. The Balaban J connectivity index is 2.15. The number of nitrogens with zero attached hydrogens (tertiary/aromatic N) is 2. The fourth-order valence-electron chi connectivity index (χ4n) is 1.76. The van der Waals surface area contributed by atoms with Gasteiger partial charge in [0.05, 0.1) is 23.8 Å². The Kier molecular flexibility index (Phi) is 5.42. The summed E-state index contributed by atoms with van der Waals surface area (Å²) in [5.41, 5.74) is 2.95. The fourth-order valence-corrected chi connectivity index (χ4v) is 2.03. The minimum Gasteiger partial charge on any atom is -0.496 e. The molecule has 0 aliphatic heterocycles. The Labute approximate surface area is 140 Å². The average Bonchev–Trinajstić information content (AvgIpc) is 2.55. The first-order valence-corrected chi connectivity index (χ1v) is 7.22. The van der Waals surface area contributed by atoms with Gasteiger partial charge in [-0.1, -0.05) is 28.1 Å². The van der Waals surface area contributed by atoms with E-state index in [-0.39, 0.29) is 17.0 Å². The van der Waals surface area contributed by atoms with Gasteiger partial charge < -0.3 is 4.74 Å². The van der Waals surface area contributed by atoms with E-state index in [9.17, 15) is 14.9 Å². The van der Waals surface area contributed by atoms with Crippen molar-refractivity contribution in [3.63, 3.8) is 0 Å². The molecule has 0 unspecified atom stereocenters. The monoisotopic (exact) mass is 377 g/mol. The molecule has 0 aliphatic carbocycles. The number of nitro groups is 1. The summed E-state index contributed by atoms with van der Waals surface area (Å²) in [7, 11) is 1.38. The highest BCUT2D eigenvalue weighted by molar-refractivity contribution is 9.10. The van der Waals surface area contributed by atoms with E-state index in [4.69, 9.17) is 4.74 Å². The number of hydrogen-bond donors (Lipinski definition) is 1. The van der Waals surface area contributed by atoms with Crippen LogP contribution >= 0.6 is 15.9 Å². The first kappa shape index (κ1) is 16.6. The van der Waals surface area contributed by atoms with Crippen molar-refractivity contribution >= 4 is 33.7 Å². The molecule has 0 bridgehead atoms. The largest absolute Gasteiger partial charge is 0.496 e. The number of ether oxygens (including phenoxy) is 1. The zero-order chi connectivity index (χ0) is 16.8. The summed E-state index contributed by atoms with van der Waals surface area (Å²) in [6.45, 7) is 0. The zero-order valence-electron chi connectivity index (χ0n) is 12.0. The number of hydrogen-bond acceptors (Lipinski definition) is 5. The van der Waals surface area contributed by atoms with E-state index in [0.717, 1.165) is 16.1 Å². The Morgan fingerprint density at radius 1 is 1.30 bits per heavy atom. The van der Waals surface area contributed by atoms with Crippen molar-refractivity contribution in [1.29, 1.82) is 0 Å². The van der Waals surface area contributed by atoms with Gasteiger partial charge in [0.25, 0.3) is 11.6 Å². The summed E-state index contributed by atoms with van der Waals surface area (Å²) >= 11 is 3.32. The van der Waals surface area contributed by atoms with Crippen molar-refractivity contribution in [2.45, 2.75) is 0 Å². The van der Waals surface area contributed by atoms with Crippen LogP contribution in [0, 0.1) is 10.1 Å². The molecule has 118 valence electrons. The molecule has 0 heterocycles. The number of nitro benzene ring substituents is 1. The van der Waals surface area contributed by atoms with Crippen LogP contribution in [0.4, 0.5) is 5.69 Å². The standard InChI is InChI=1S/C15H12BrN3O4/c1-23-14-7-6-12(19(21)22)8-13(14)15(20)18-17-9-10-2-4-11(16)5-3-10/h2-9H,1H3,(H,18,20)/b17-9-. The molecule has 2 aromatic rings. The van der Waals surface area contributed by atoms with E-state index in [1.807, 2.05) is 24.3 Å². The van der Waals surface area contributed by atoms with Crippen LogP contribution in [-0.4, -0.2) is 24.2 Å². The van der Waals surface area contributed by atoms with Gasteiger partial charge in [0.1, 0.15) is 5.75 Å². The number of amides is 1. The van der Waals surface area contributed by atoms with Gasteiger partial charge in [-0.25, -0.2) is 5.43 Å². The summed E-state index contributed by atoms with van der Waals surface area (Å²) in [5, 5.41) is 14.6. The summed E-state index contributed by atoms with van der Waals surface area (Å²) in [6.07, 6.45) is 1.47. The minimum absolute atomic E-state index is 0.0367. The molecule has 2 aromatic carbocycles. The molecule has 7 nitrogen and oxygen atoms in total. The molecular formula is C15H12BrN3O4. The first-order valence-electron chi connectivity index (χ1n) is 6.42. The molecule has 0 spiro atoms. The maximum absolute atomic E-state index is 12.1. The molecule has 8 heteroatoms. The van der Waals surface area contributed by atoms with Gasteiger partial charge in [0.2, 0.25) is 0 Å². The highest BCUT2D eigenvalue weighted by Crippen LogP contribution is 2.23. The molecule has 1 amide bonds. The normalized spacial score (nSPS) is 10.5. The van der Waals surface area contributed by atoms with Gasteiger partial charge in [-0.2, -0.15) is 5.10 Å². The SMILES string of the molecule is COc1ccc([N+](=O)[O-])cc1C(=O)N/N=C\c1ccc(Br)cc1. The van der Waals surface area contributed by atoms with Crippen molar-refractivity contribution in [3.8, 4) is 5.75 Å². The van der Waals surface area contributed by atoms with Crippen molar-refractivity contribution in [2.24, 2.45) is 5.10 Å². The van der Waals surface area contributed by atoms with Crippen molar-refractivity contribution in [3.05, 3.63) is 68.2 Å². The predicted molar refractivity (Wildman–Crippen MR) is 88.9 cm³/mol. The van der Waals surface area contributed by atoms with E-state index in [1.54, 1.807) is 0 Å². The third-order valence-corrected chi connectivity index (χ3v) is 3.42. The van der Waals surface area contributed by atoms with E-state index in [0.29, 0.717) is 0 Å². The highest BCUT2D eigenvalue weighted by atomic mass is 79.9. The van der Waals surface area contributed by atoms with Gasteiger partial charge in [-0.05, 0) is 23.8 Å². The third-order valence-electron chi connectivity index (χ3n) is 2.89. The summed E-state index contributed by atoms with van der Waals surface area (Å²) in [4.78, 5) is 22.3. The van der Waals surface area contributed by atoms with Crippen LogP contribution in [0.2, 0.25) is 0 Å². The second-order valence-electron chi connectivity index (χ2n) is 4.39. The number of nitrogens with one attached hydrogen (secondary N) is 1. The third kappa shape index (κ3) is 4.36. The Morgan fingerprint density at radius 3 is 2.61 bits per heavy atom. The van der Waals surface area contributed by atoms with E-state index < -0.39 is 10.8 Å². The van der Waals surface area contributed by atoms with Crippen LogP contribution < -0.4 is 10.2 Å². The lowest BCUT2D eigenvalue weighted by Crippen LogP contribution is -2.18. The van der Waals surface area contributed by atoms with Gasteiger partial charge >= 0.3 is 0 Å². The Morgan fingerprint density at radius 2 is 2.00 bits per heavy atom. The topological polar surface area (TPSA) is 93.8 Å². The lowest BCUT2D eigenvalue weighted by atomic mass is 10.1. The van der Waals surface area contributed by atoms with Crippen LogP contribution in [0.3, 0.4) is 0 Å². The number of halogens is 1. The predicted octanol–water partition coefficient (Wildman–Crippen LogP) is 3.13. The summed E-state index contributed by atoms with van der Waals surface area (Å²) < 4.78 is 5.97. The smallest absolute Gasteiger partial charge is 0.275 e. The number of non-ortho nitro benzene ring substituents is 1. The number of hydrazone groups is 1. The van der Waals surface area contributed by atoms with Crippen LogP contribution in [0.1, 0.15) is 15.9 Å². The number of methoxy groups -OCH3 is 1. The molecule has 0 fully saturated rings. The van der Waals surface area contributed by atoms with Crippen LogP contribution in [-0.2, 0) is 0 Å². The van der Waals surface area contributed by atoms with E-state index in [1.165, 1.54) is 25.5 Å². The number of rotatable bonds is 5. The van der Waals surface area contributed by atoms with Crippen molar-refractivity contribution in [2.75, 3.05) is 7.11 Å². The highest BCUT2D eigenvalue weighted by Gasteiger charge is 2.17. The minimum atomic E-state index is -0.598. The Bertz CT molecular complexity index is 760. The lowest BCUT2D eigenvalue weighted by molar-refractivity contribution is -0.384. The molecule has 0 saturated heterocycles. The molecule has 1 N–H and O–H groups in total. The van der Waals surface area contributed by atoms with Gasteiger partial charge in [0.15, 0.2) is 0 Å². The van der Waals surface area contributed by atoms with Crippen molar-refractivity contribution in [1.82, 2.24) is 5.43 Å². The summed E-state index contributed by atoms with van der Waals surface area (Å²) in [5.74, 6) is -0.370. The molecule has 0 atom stereocenters. The molecular weight excluding hydrogens is 366 g/mol.